The van der Waals surface area contributed by atoms with Gasteiger partial charge in [-0.2, -0.15) is 4.37 Å². The number of carbonyl (C=O) groups is 1. The number of ether oxygens (including phenoxy) is 2. The molecule has 0 aliphatic carbocycles. The number of esters is 1. The van der Waals surface area contributed by atoms with Crippen LogP contribution < -0.4 is 4.74 Å². The van der Waals surface area contributed by atoms with Crippen LogP contribution in [0.4, 0.5) is 0 Å². The predicted octanol–water partition coefficient (Wildman–Crippen LogP) is 2.94. The fourth-order valence-electron chi connectivity index (χ4n) is 3.22. The third-order valence-corrected chi connectivity index (χ3v) is 5.26. The Morgan fingerprint density at radius 2 is 2.04 bits per heavy atom. The van der Waals surface area contributed by atoms with Gasteiger partial charge < -0.3 is 14.0 Å². The molecule has 1 aliphatic heterocycles. The Hall–Kier alpha value is -1.51. The first-order chi connectivity index (χ1) is 13.2. The minimum absolute atomic E-state index is 0.158. The molecule has 0 saturated heterocycles. The topological polar surface area (TPSA) is 61.3 Å². The van der Waals surface area contributed by atoms with E-state index in [9.17, 15) is 4.79 Å². The van der Waals surface area contributed by atoms with Crippen LogP contribution in [0.2, 0.25) is 0 Å². The summed E-state index contributed by atoms with van der Waals surface area (Å²) in [5.41, 5.74) is 1.98. The normalized spacial score (nSPS) is 20.0. The van der Waals surface area contributed by atoms with Gasteiger partial charge in [-0.3, -0.25) is 4.48 Å². The molecule has 1 aromatic rings. The summed E-state index contributed by atoms with van der Waals surface area (Å²) in [5.74, 6) is 0.484. The van der Waals surface area contributed by atoms with Crippen molar-refractivity contribution in [2.75, 3.05) is 61.2 Å². The van der Waals surface area contributed by atoms with Gasteiger partial charge in [0.15, 0.2) is 6.54 Å². The number of rotatable bonds is 11. The lowest BCUT2D eigenvalue weighted by Gasteiger charge is -2.36. The Morgan fingerprint density at radius 1 is 1.25 bits per heavy atom. The average Bonchev–Trinajstić information content (AvgIpc) is 3.07. The third-order valence-electron chi connectivity index (χ3n) is 4.75. The van der Waals surface area contributed by atoms with E-state index in [2.05, 4.69) is 28.8 Å². The van der Waals surface area contributed by atoms with E-state index in [1.54, 1.807) is 0 Å². The Kier molecular flexibility index (Phi) is 8.39. The fourth-order valence-corrected chi connectivity index (χ4v) is 3.75. The highest BCUT2D eigenvalue weighted by Crippen LogP contribution is 2.30. The molecule has 0 bridgehead atoms. The zero-order valence-electron chi connectivity index (χ0n) is 18.1. The standard InChI is InChI=1S/C20H36N4O3S/c1-6-7-8-9-13-26-20-19(21-28-22-20)17-11-10-12-24(5,14-17)16-27-18(25)15-23(2,3)4/h11H,6-10,12-16H2,1-5H3/q+2. The van der Waals surface area contributed by atoms with Crippen LogP contribution in [-0.4, -0.2) is 84.8 Å². The van der Waals surface area contributed by atoms with Crippen molar-refractivity contribution in [2.24, 2.45) is 0 Å². The molecule has 8 heteroatoms. The van der Waals surface area contributed by atoms with E-state index in [0.29, 0.717) is 34.7 Å². The smallest absolute Gasteiger partial charge is 0.366 e. The van der Waals surface area contributed by atoms with Crippen LogP contribution in [0.3, 0.4) is 0 Å². The van der Waals surface area contributed by atoms with Crippen LogP contribution >= 0.6 is 11.7 Å². The first kappa shape index (κ1) is 22.8. The number of carbonyl (C=O) groups excluding carboxylic acids is 1. The second-order valence-corrected chi connectivity index (χ2v) is 9.47. The molecule has 158 valence electrons. The Bertz CT molecular complexity index is 669. The summed E-state index contributed by atoms with van der Waals surface area (Å²) >= 11 is 1.19. The average molecular weight is 413 g/mol. The molecule has 7 nitrogen and oxygen atoms in total. The third kappa shape index (κ3) is 7.48. The van der Waals surface area contributed by atoms with Gasteiger partial charge in [0.1, 0.15) is 12.2 Å². The zero-order valence-corrected chi connectivity index (χ0v) is 18.9. The molecule has 2 heterocycles. The van der Waals surface area contributed by atoms with Crippen molar-refractivity contribution in [3.8, 4) is 5.88 Å². The van der Waals surface area contributed by atoms with Crippen molar-refractivity contribution in [3.05, 3.63) is 11.8 Å². The van der Waals surface area contributed by atoms with E-state index in [1.165, 1.54) is 31.0 Å². The molecular formula is C20H36N4O3S+2. The summed E-state index contributed by atoms with van der Waals surface area (Å²) in [7, 11) is 8.08. The molecule has 0 spiro atoms. The maximum absolute atomic E-state index is 12.1. The summed E-state index contributed by atoms with van der Waals surface area (Å²) in [5, 5.41) is 0. The van der Waals surface area contributed by atoms with E-state index < -0.39 is 0 Å². The van der Waals surface area contributed by atoms with Crippen LogP contribution in [0.15, 0.2) is 6.08 Å². The van der Waals surface area contributed by atoms with Crippen molar-refractivity contribution < 1.29 is 23.2 Å². The highest BCUT2D eigenvalue weighted by Gasteiger charge is 2.31. The first-order valence-electron chi connectivity index (χ1n) is 10.2. The van der Waals surface area contributed by atoms with Crippen molar-refractivity contribution >= 4 is 23.3 Å². The summed E-state index contributed by atoms with van der Waals surface area (Å²) < 4.78 is 21.5. The molecule has 0 aromatic carbocycles. The molecule has 1 atom stereocenters. The summed E-state index contributed by atoms with van der Waals surface area (Å²) in [6.45, 7) is 5.32. The quantitative estimate of drug-likeness (QED) is 0.318. The van der Waals surface area contributed by atoms with E-state index in [1.807, 2.05) is 21.1 Å². The maximum Gasteiger partial charge on any atom is 0.366 e. The van der Waals surface area contributed by atoms with Crippen molar-refractivity contribution in [2.45, 2.75) is 39.0 Å². The number of hydrogen-bond donors (Lipinski definition) is 0. The second kappa shape index (κ2) is 10.3. The first-order valence-corrected chi connectivity index (χ1v) is 10.9. The van der Waals surface area contributed by atoms with Crippen LogP contribution in [0.25, 0.3) is 5.57 Å². The Morgan fingerprint density at radius 3 is 2.75 bits per heavy atom. The minimum Gasteiger partial charge on any atom is -0.475 e. The fraction of sp³-hybridized carbons (Fsp3) is 0.750. The minimum atomic E-state index is -0.158. The molecule has 28 heavy (non-hydrogen) atoms. The summed E-state index contributed by atoms with van der Waals surface area (Å²) in [6.07, 6.45) is 7.81. The van der Waals surface area contributed by atoms with Gasteiger partial charge in [-0.05, 0) is 6.42 Å². The van der Waals surface area contributed by atoms with E-state index in [-0.39, 0.29) is 5.97 Å². The molecule has 1 aromatic heterocycles. The predicted molar refractivity (Wildman–Crippen MR) is 112 cm³/mol. The SMILES string of the molecule is CCCCCCOc1nsnc1C1=CCC[N+](C)(COC(=O)C[N+](C)(C)C)C1. The number of quaternary nitrogens is 2. The molecular weight excluding hydrogens is 376 g/mol. The summed E-state index contributed by atoms with van der Waals surface area (Å²) in [4.78, 5) is 12.1. The lowest BCUT2D eigenvalue weighted by Crippen LogP contribution is -2.50. The van der Waals surface area contributed by atoms with Crippen LogP contribution in [0.1, 0.15) is 44.7 Å². The molecule has 0 amide bonds. The summed E-state index contributed by atoms with van der Waals surface area (Å²) in [6, 6.07) is 0. The molecule has 0 radical (unpaired) electrons. The molecule has 0 fully saturated rings. The lowest BCUT2D eigenvalue weighted by atomic mass is 10.1. The lowest BCUT2D eigenvalue weighted by molar-refractivity contribution is -0.920. The number of hydrogen-bond acceptors (Lipinski definition) is 6. The Balaban J connectivity index is 1.91. The molecule has 0 N–H and O–H groups in total. The monoisotopic (exact) mass is 412 g/mol. The van der Waals surface area contributed by atoms with Crippen LogP contribution in [0.5, 0.6) is 5.88 Å². The highest BCUT2D eigenvalue weighted by molar-refractivity contribution is 6.99. The van der Waals surface area contributed by atoms with E-state index in [4.69, 9.17) is 9.47 Å². The highest BCUT2D eigenvalue weighted by atomic mass is 32.1. The largest absolute Gasteiger partial charge is 0.475 e. The van der Waals surface area contributed by atoms with Gasteiger partial charge in [0.2, 0.25) is 6.73 Å². The Labute approximate surface area is 173 Å². The number of aromatic nitrogens is 2. The van der Waals surface area contributed by atoms with Gasteiger partial charge in [-0.15, -0.1) is 4.37 Å². The number of unbranched alkanes of at least 4 members (excludes halogenated alkanes) is 3. The molecule has 0 saturated carbocycles. The van der Waals surface area contributed by atoms with Crippen molar-refractivity contribution in [1.29, 1.82) is 0 Å². The van der Waals surface area contributed by atoms with Crippen molar-refractivity contribution in [3.63, 3.8) is 0 Å². The van der Waals surface area contributed by atoms with Crippen LogP contribution in [-0.2, 0) is 9.53 Å². The van der Waals surface area contributed by atoms with Gasteiger partial charge in [-0.25, -0.2) is 4.79 Å². The van der Waals surface area contributed by atoms with Gasteiger partial charge in [0.25, 0.3) is 5.88 Å². The maximum atomic E-state index is 12.1. The molecule has 1 unspecified atom stereocenters. The van der Waals surface area contributed by atoms with Gasteiger partial charge >= 0.3 is 5.97 Å². The van der Waals surface area contributed by atoms with Gasteiger partial charge in [0, 0.05) is 12.0 Å². The van der Waals surface area contributed by atoms with Gasteiger partial charge in [0.05, 0.1) is 53.1 Å². The molecule has 2 rings (SSSR count). The van der Waals surface area contributed by atoms with E-state index in [0.717, 1.165) is 37.2 Å². The number of likely N-dealkylation sites (N-methyl/N-ethyl adjacent to an activating group) is 2. The van der Waals surface area contributed by atoms with Crippen LogP contribution in [0, 0.1) is 0 Å². The van der Waals surface area contributed by atoms with Gasteiger partial charge in [-0.1, -0.05) is 32.3 Å². The second-order valence-electron chi connectivity index (χ2n) is 8.94. The molecule has 1 aliphatic rings. The zero-order chi connectivity index (χ0) is 20.6. The van der Waals surface area contributed by atoms with Crippen molar-refractivity contribution in [1.82, 2.24) is 8.75 Å². The van der Waals surface area contributed by atoms with E-state index >= 15 is 0 Å². The number of nitrogens with zero attached hydrogens (tertiary/aromatic N) is 4.